The van der Waals surface area contributed by atoms with Gasteiger partial charge in [-0.1, -0.05) is 41.5 Å². The summed E-state index contributed by atoms with van der Waals surface area (Å²) in [5.74, 6) is -4.80. The third kappa shape index (κ3) is 7.40. The quantitative estimate of drug-likeness (QED) is 0.293. The fourth-order valence-electron chi connectivity index (χ4n) is 6.68. The molecular weight excluding hydrogens is 502 g/mol. The number of esters is 1. The molecule has 2 heterocycles. The summed E-state index contributed by atoms with van der Waals surface area (Å²) in [6, 6.07) is -0.890. The van der Waals surface area contributed by atoms with Gasteiger partial charge in [0.25, 0.3) is 11.7 Å². The lowest BCUT2D eigenvalue weighted by Crippen LogP contribution is -2.61. The molecule has 224 valence electrons. The molecule has 9 heteroatoms. The van der Waals surface area contributed by atoms with Gasteiger partial charge in [-0.15, -0.1) is 0 Å². The zero-order valence-electron chi connectivity index (χ0n) is 24.7. The van der Waals surface area contributed by atoms with Gasteiger partial charge in [-0.3, -0.25) is 9.59 Å². The van der Waals surface area contributed by atoms with Crippen molar-refractivity contribution in [2.75, 3.05) is 6.54 Å². The topological polar surface area (TPSA) is 134 Å². The SMILES string of the molecule is CC(C)C1CCC(C)C(O)(C(=O)C(=O)N2CCCCC2C(=O)OC(C(C)C)C(C)CC2CCC(O)C(O)C2)O1. The number of carbonyl (C=O) groups excluding carboxylic acids is 3. The molecule has 3 aliphatic rings. The normalized spacial score (nSPS) is 35.5. The van der Waals surface area contributed by atoms with Gasteiger partial charge < -0.3 is 29.7 Å². The number of ketones is 1. The standard InChI is InChI=1S/C30H51NO8/c1-17(2)25-13-10-20(6)30(37,39-25)27(34)28(35)31-14-8-7-9-22(31)29(36)38-26(18(3)4)19(5)15-21-11-12-23(32)24(33)16-21/h17-26,32-33,37H,7-16H2,1-6H3. The highest BCUT2D eigenvalue weighted by molar-refractivity contribution is 6.39. The molecule has 39 heavy (non-hydrogen) atoms. The van der Waals surface area contributed by atoms with Crippen LogP contribution in [-0.4, -0.2) is 80.7 Å². The Morgan fingerprint density at radius 2 is 1.67 bits per heavy atom. The minimum atomic E-state index is -2.21. The molecule has 0 bridgehead atoms. The number of carbonyl (C=O) groups is 3. The maximum atomic E-state index is 13.5. The van der Waals surface area contributed by atoms with Crippen molar-refractivity contribution in [3.8, 4) is 0 Å². The lowest BCUT2D eigenvalue weighted by atomic mass is 9.78. The third-order valence-corrected chi connectivity index (χ3v) is 9.25. The van der Waals surface area contributed by atoms with Gasteiger partial charge in [-0.25, -0.2) is 4.79 Å². The molecule has 1 amide bonds. The summed E-state index contributed by atoms with van der Waals surface area (Å²) >= 11 is 0. The highest BCUT2D eigenvalue weighted by atomic mass is 16.6. The number of piperidine rings is 1. The van der Waals surface area contributed by atoms with E-state index in [1.807, 2.05) is 34.6 Å². The van der Waals surface area contributed by atoms with Crippen LogP contribution in [0.2, 0.25) is 0 Å². The Balaban J connectivity index is 1.70. The van der Waals surface area contributed by atoms with E-state index in [9.17, 15) is 29.7 Å². The number of amides is 1. The van der Waals surface area contributed by atoms with Crippen molar-refractivity contribution in [3.05, 3.63) is 0 Å². The average molecular weight is 554 g/mol. The molecule has 2 saturated heterocycles. The van der Waals surface area contributed by atoms with Crippen molar-refractivity contribution >= 4 is 17.7 Å². The van der Waals surface area contributed by atoms with Crippen LogP contribution >= 0.6 is 0 Å². The molecule has 0 aromatic carbocycles. The number of hydrogen-bond acceptors (Lipinski definition) is 8. The molecule has 9 atom stereocenters. The summed E-state index contributed by atoms with van der Waals surface area (Å²) in [4.78, 5) is 41.7. The van der Waals surface area contributed by atoms with Gasteiger partial charge >= 0.3 is 5.97 Å². The minimum absolute atomic E-state index is 0.0148. The molecule has 3 rings (SSSR count). The lowest BCUT2D eigenvalue weighted by molar-refractivity contribution is -0.269. The summed E-state index contributed by atoms with van der Waals surface area (Å²) in [6.45, 7) is 11.9. The van der Waals surface area contributed by atoms with E-state index in [0.29, 0.717) is 38.5 Å². The Kier molecular flexibility index (Phi) is 11.0. The maximum Gasteiger partial charge on any atom is 0.329 e. The Morgan fingerprint density at radius 1 is 0.974 bits per heavy atom. The summed E-state index contributed by atoms with van der Waals surface area (Å²) in [6.07, 6.45) is 3.59. The van der Waals surface area contributed by atoms with E-state index >= 15 is 0 Å². The first-order chi connectivity index (χ1) is 18.3. The lowest BCUT2D eigenvalue weighted by Gasteiger charge is -2.43. The Hall–Kier alpha value is -1.55. The second kappa shape index (κ2) is 13.4. The molecule has 0 aromatic rings. The first-order valence-electron chi connectivity index (χ1n) is 15.1. The second-order valence-electron chi connectivity index (χ2n) is 13.1. The van der Waals surface area contributed by atoms with Crippen LogP contribution < -0.4 is 0 Å². The Morgan fingerprint density at radius 3 is 2.28 bits per heavy atom. The highest BCUT2D eigenvalue weighted by Crippen LogP contribution is 2.37. The molecule has 1 saturated carbocycles. The number of nitrogens with zero attached hydrogens (tertiary/aromatic N) is 1. The minimum Gasteiger partial charge on any atom is -0.460 e. The molecule has 9 nitrogen and oxygen atoms in total. The number of rotatable bonds is 9. The predicted molar refractivity (Wildman–Crippen MR) is 145 cm³/mol. The van der Waals surface area contributed by atoms with E-state index < -0.39 is 53.7 Å². The van der Waals surface area contributed by atoms with Gasteiger partial charge in [0.2, 0.25) is 5.79 Å². The van der Waals surface area contributed by atoms with Crippen molar-refractivity contribution < 1.29 is 39.2 Å². The smallest absolute Gasteiger partial charge is 0.329 e. The van der Waals surface area contributed by atoms with Crippen LogP contribution in [0, 0.1) is 29.6 Å². The molecule has 1 aliphatic carbocycles. The number of aliphatic hydroxyl groups is 3. The number of Topliss-reactive ketones (excluding diaryl/α,β-unsaturated/α-hetero) is 1. The molecule has 3 N–H and O–H groups in total. The van der Waals surface area contributed by atoms with Crippen LogP contribution in [0.4, 0.5) is 0 Å². The van der Waals surface area contributed by atoms with Crippen LogP contribution in [0.3, 0.4) is 0 Å². The van der Waals surface area contributed by atoms with Crippen LogP contribution in [0.25, 0.3) is 0 Å². The van der Waals surface area contributed by atoms with Gasteiger partial charge in [0.1, 0.15) is 12.1 Å². The molecular formula is C30H51NO8. The summed E-state index contributed by atoms with van der Waals surface area (Å²) in [7, 11) is 0. The third-order valence-electron chi connectivity index (χ3n) is 9.25. The van der Waals surface area contributed by atoms with Crippen molar-refractivity contribution in [1.29, 1.82) is 0 Å². The van der Waals surface area contributed by atoms with Crippen LogP contribution in [0.15, 0.2) is 0 Å². The zero-order chi connectivity index (χ0) is 29.1. The zero-order valence-corrected chi connectivity index (χ0v) is 24.7. The number of likely N-dealkylation sites (tertiary alicyclic amines) is 1. The van der Waals surface area contributed by atoms with E-state index in [2.05, 4.69) is 0 Å². The number of aliphatic hydroxyl groups excluding tert-OH is 2. The summed E-state index contributed by atoms with van der Waals surface area (Å²) < 4.78 is 11.9. The van der Waals surface area contributed by atoms with E-state index in [-0.39, 0.29) is 36.3 Å². The van der Waals surface area contributed by atoms with Crippen molar-refractivity contribution in [1.82, 2.24) is 4.90 Å². The van der Waals surface area contributed by atoms with E-state index in [4.69, 9.17) is 9.47 Å². The van der Waals surface area contributed by atoms with Crippen molar-refractivity contribution in [2.45, 2.75) is 136 Å². The molecule has 2 aliphatic heterocycles. The molecule has 0 aromatic heterocycles. The van der Waals surface area contributed by atoms with E-state index in [1.54, 1.807) is 6.92 Å². The van der Waals surface area contributed by atoms with Crippen molar-refractivity contribution in [3.63, 3.8) is 0 Å². The fourth-order valence-corrected chi connectivity index (χ4v) is 6.68. The molecule has 3 fully saturated rings. The average Bonchev–Trinajstić information content (AvgIpc) is 2.89. The van der Waals surface area contributed by atoms with Gasteiger partial charge in [0, 0.05) is 12.5 Å². The van der Waals surface area contributed by atoms with E-state index in [1.165, 1.54) is 4.90 Å². The Labute approximate surface area is 233 Å². The monoisotopic (exact) mass is 553 g/mol. The van der Waals surface area contributed by atoms with Crippen LogP contribution in [0.5, 0.6) is 0 Å². The molecule has 9 unspecified atom stereocenters. The first kappa shape index (κ1) is 32.0. The highest BCUT2D eigenvalue weighted by Gasteiger charge is 2.53. The summed E-state index contributed by atoms with van der Waals surface area (Å²) in [5.41, 5.74) is 0. The fraction of sp³-hybridized carbons (Fsp3) is 0.900. The van der Waals surface area contributed by atoms with Gasteiger partial charge in [-0.05, 0) is 81.5 Å². The Bertz CT molecular complexity index is 862. The predicted octanol–water partition coefficient (Wildman–Crippen LogP) is 3.21. The largest absolute Gasteiger partial charge is 0.460 e. The van der Waals surface area contributed by atoms with E-state index in [0.717, 1.165) is 19.3 Å². The van der Waals surface area contributed by atoms with Gasteiger partial charge in [0.15, 0.2) is 0 Å². The second-order valence-corrected chi connectivity index (χ2v) is 13.1. The van der Waals surface area contributed by atoms with Crippen LogP contribution in [0.1, 0.15) is 99.3 Å². The number of ether oxygens (including phenoxy) is 2. The number of hydrogen-bond donors (Lipinski definition) is 3. The maximum absolute atomic E-state index is 13.5. The van der Waals surface area contributed by atoms with Crippen molar-refractivity contribution in [2.24, 2.45) is 29.6 Å². The van der Waals surface area contributed by atoms with Gasteiger partial charge in [-0.2, -0.15) is 0 Å². The van der Waals surface area contributed by atoms with Gasteiger partial charge in [0.05, 0.1) is 18.3 Å². The molecule has 0 radical (unpaired) electrons. The summed E-state index contributed by atoms with van der Waals surface area (Å²) in [5, 5.41) is 31.2. The molecule has 0 spiro atoms. The van der Waals surface area contributed by atoms with Crippen LogP contribution in [-0.2, 0) is 23.9 Å². The first-order valence-corrected chi connectivity index (χ1v) is 15.1.